The molecule has 2 aromatic carbocycles. The predicted octanol–water partition coefficient (Wildman–Crippen LogP) is 4.82. The van der Waals surface area contributed by atoms with Crippen LogP contribution in [0.25, 0.3) is 16.8 Å². The molecule has 0 spiro atoms. The highest BCUT2D eigenvalue weighted by atomic mass is 16.5. The van der Waals surface area contributed by atoms with Crippen LogP contribution in [0.3, 0.4) is 0 Å². The summed E-state index contributed by atoms with van der Waals surface area (Å²) in [6.07, 6.45) is 1.37. The van der Waals surface area contributed by atoms with E-state index in [1.165, 1.54) is 23.0 Å². The lowest BCUT2D eigenvalue weighted by Gasteiger charge is -2.07. The van der Waals surface area contributed by atoms with Crippen LogP contribution in [0.5, 0.6) is 0 Å². The first-order valence-corrected chi connectivity index (χ1v) is 7.38. The van der Waals surface area contributed by atoms with Crippen LogP contribution < -0.4 is 5.73 Å². The van der Waals surface area contributed by atoms with E-state index in [0.29, 0.717) is 5.76 Å². The second-order valence-electron chi connectivity index (χ2n) is 5.51. The highest BCUT2D eigenvalue weighted by molar-refractivity contribution is 5.80. The van der Waals surface area contributed by atoms with Gasteiger partial charge in [0, 0.05) is 11.3 Å². The summed E-state index contributed by atoms with van der Waals surface area (Å²) in [5.41, 5.74) is 13.4. The first-order valence-electron chi connectivity index (χ1n) is 7.38. The Labute approximate surface area is 136 Å². The second kappa shape index (κ2) is 6.92. The lowest BCUT2D eigenvalue weighted by atomic mass is 10.1. The van der Waals surface area contributed by atoms with Crippen molar-refractivity contribution in [2.75, 3.05) is 5.73 Å². The van der Waals surface area contributed by atoms with Gasteiger partial charge in [0.2, 0.25) is 0 Å². The van der Waals surface area contributed by atoms with E-state index in [1.807, 2.05) is 31.2 Å². The number of nitrogen functional groups attached to an aromatic ring is 1. The first kappa shape index (κ1) is 16.5. The molecule has 3 rings (SSSR count). The lowest BCUT2D eigenvalue weighted by Crippen LogP contribution is -1.93. The number of ether oxygens (including phenoxy) is 1. The van der Waals surface area contributed by atoms with Gasteiger partial charge >= 0.3 is 0 Å². The third-order valence-corrected chi connectivity index (χ3v) is 3.78. The van der Waals surface area contributed by atoms with Crippen molar-refractivity contribution in [3.8, 4) is 0 Å². The van der Waals surface area contributed by atoms with Crippen LogP contribution in [-0.4, -0.2) is 10.2 Å². The van der Waals surface area contributed by atoms with Gasteiger partial charge in [0.05, 0.1) is 17.3 Å². The van der Waals surface area contributed by atoms with Crippen LogP contribution in [-0.2, 0) is 4.74 Å². The zero-order valence-electron chi connectivity index (χ0n) is 13.9. The Morgan fingerprint density at radius 2 is 1.65 bits per heavy atom. The number of fused-ring (bicyclic) bond motifs is 1. The third-order valence-electron chi connectivity index (χ3n) is 3.78. The van der Waals surface area contributed by atoms with E-state index >= 15 is 0 Å². The van der Waals surface area contributed by atoms with Crippen LogP contribution in [0.15, 0.2) is 49.8 Å². The van der Waals surface area contributed by atoms with Gasteiger partial charge in [0.1, 0.15) is 5.76 Å². The summed E-state index contributed by atoms with van der Waals surface area (Å²) < 4.78 is 5.07. The fourth-order valence-electron chi connectivity index (χ4n) is 2.15. The van der Waals surface area contributed by atoms with E-state index < -0.39 is 0 Å². The second-order valence-corrected chi connectivity index (χ2v) is 5.51. The number of nitrogens with one attached hydrogen (secondary N) is 2. The van der Waals surface area contributed by atoms with Gasteiger partial charge in [-0.3, -0.25) is 10.2 Å². The molecule has 1 heterocycles. The van der Waals surface area contributed by atoms with Crippen LogP contribution in [0.1, 0.15) is 22.3 Å². The smallest absolute Gasteiger partial charge is 0.126 e. The van der Waals surface area contributed by atoms with Gasteiger partial charge in [-0.25, -0.2) is 0 Å². The Balaban J connectivity index is 0.000000174. The highest BCUT2D eigenvalue weighted by Crippen LogP contribution is 2.19. The number of hydrogen-bond donors (Lipinski definition) is 3. The van der Waals surface area contributed by atoms with Crippen molar-refractivity contribution in [3.05, 3.63) is 72.0 Å². The Morgan fingerprint density at radius 1 is 1.00 bits per heavy atom. The molecule has 4 N–H and O–H groups in total. The molecule has 0 radical (unpaired) electrons. The standard InChI is InChI=1S/C10H10N2O.C9H13N/c1-3-13-7(2)8-4-5-9-10(6-8)12-11-9;1-6-4-8(3)9(10)5-7(6)2/h3-6,11-12H,1-2H2;4-5H,10H2,1-3H3. The zero-order valence-corrected chi connectivity index (χ0v) is 13.9. The molecule has 4 nitrogen and oxygen atoms in total. The molecule has 0 unspecified atom stereocenters. The molecule has 0 aliphatic carbocycles. The molecule has 0 atom stereocenters. The summed E-state index contributed by atoms with van der Waals surface area (Å²) in [6.45, 7) is 13.4. The van der Waals surface area contributed by atoms with Crippen molar-refractivity contribution in [1.82, 2.24) is 10.2 Å². The maximum atomic E-state index is 5.69. The van der Waals surface area contributed by atoms with Crippen molar-refractivity contribution < 1.29 is 4.74 Å². The van der Waals surface area contributed by atoms with Crippen molar-refractivity contribution in [2.45, 2.75) is 20.8 Å². The zero-order chi connectivity index (χ0) is 17.0. The van der Waals surface area contributed by atoms with Crippen LogP contribution >= 0.6 is 0 Å². The fraction of sp³-hybridized carbons (Fsp3) is 0.158. The number of H-pyrrole nitrogens is 2. The number of aromatic amines is 2. The third kappa shape index (κ3) is 3.86. The summed E-state index contributed by atoms with van der Waals surface area (Å²) in [4.78, 5) is 0. The average molecular weight is 309 g/mol. The number of benzene rings is 2. The van der Waals surface area contributed by atoms with E-state index in [-0.39, 0.29) is 0 Å². The minimum absolute atomic E-state index is 0.603. The SMILES string of the molecule is C=COC(=C)c1ccc2[nH][nH]c2c1.Cc1cc(C)c(N)cc1C. The molecule has 1 aromatic heterocycles. The summed E-state index contributed by atoms with van der Waals surface area (Å²) in [5.74, 6) is 0.603. The van der Waals surface area contributed by atoms with E-state index in [4.69, 9.17) is 10.5 Å². The quantitative estimate of drug-likeness (QED) is 0.479. The van der Waals surface area contributed by atoms with Gasteiger partial charge < -0.3 is 10.5 Å². The molecule has 0 aliphatic rings. The number of hydrogen-bond acceptors (Lipinski definition) is 2. The molecule has 0 saturated carbocycles. The molecule has 4 heteroatoms. The van der Waals surface area contributed by atoms with Gasteiger partial charge in [0.15, 0.2) is 0 Å². The minimum atomic E-state index is 0.603. The summed E-state index contributed by atoms with van der Waals surface area (Å²) in [7, 11) is 0. The maximum Gasteiger partial charge on any atom is 0.126 e. The topological polar surface area (TPSA) is 66.8 Å². The van der Waals surface area contributed by atoms with Crippen molar-refractivity contribution in [3.63, 3.8) is 0 Å². The molecule has 0 fully saturated rings. The van der Waals surface area contributed by atoms with Gasteiger partial charge in [-0.2, -0.15) is 0 Å². The minimum Gasteiger partial charge on any atom is -0.466 e. The van der Waals surface area contributed by atoms with Gasteiger partial charge in [-0.15, -0.1) is 0 Å². The average Bonchev–Trinajstić information content (AvgIpc) is 2.47. The van der Waals surface area contributed by atoms with Crippen LogP contribution in [0.4, 0.5) is 5.69 Å². The molecule has 0 saturated heterocycles. The molecule has 0 bridgehead atoms. The highest BCUT2D eigenvalue weighted by Gasteiger charge is 2.02. The largest absolute Gasteiger partial charge is 0.466 e. The first-order chi connectivity index (χ1) is 10.9. The predicted molar refractivity (Wildman–Crippen MR) is 98.0 cm³/mol. The molecule has 23 heavy (non-hydrogen) atoms. The summed E-state index contributed by atoms with van der Waals surface area (Å²) >= 11 is 0. The van der Waals surface area contributed by atoms with Crippen molar-refractivity contribution >= 4 is 22.5 Å². The number of rotatable bonds is 3. The Kier molecular flexibility index (Phi) is 4.96. The molecule has 0 aliphatic heterocycles. The van der Waals surface area contributed by atoms with Gasteiger partial charge in [-0.05, 0) is 61.7 Å². The normalized spacial score (nSPS) is 10.0. The summed E-state index contributed by atoms with van der Waals surface area (Å²) in [5, 5.41) is 5.90. The Bertz CT molecular complexity index is 789. The summed E-state index contributed by atoms with van der Waals surface area (Å²) in [6, 6.07) is 10.0. The molecular weight excluding hydrogens is 286 g/mol. The van der Waals surface area contributed by atoms with Crippen LogP contribution in [0.2, 0.25) is 0 Å². The molecule has 3 aromatic rings. The van der Waals surface area contributed by atoms with E-state index in [2.05, 4.69) is 43.3 Å². The van der Waals surface area contributed by atoms with Gasteiger partial charge in [0.25, 0.3) is 0 Å². The Hall–Kier alpha value is -2.88. The number of aryl methyl sites for hydroxylation is 3. The Morgan fingerprint density at radius 3 is 2.17 bits per heavy atom. The van der Waals surface area contributed by atoms with Crippen LogP contribution in [0, 0.1) is 20.8 Å². The van der Waals surface area contributed by atoms with E-state index in [9.17, 15) is 0 Å². The molecule has 0 amide bonds. The number of anilines is 1. The number of aromatic nitrogens is 2. The number of nitrogens with two attached hydrogens (primary N) is 1. The van der Waals surface area contributed by atoms with Crippen molar-refractivity contribution in [2.24, 2.45) is 0 Å². The lowest BCUT2D eigenvalue weighted by molar-refractivity contribution is 0.440. The fourth-order valence-corrected chi connectivity index (χ4v) is 2.15. The molecular formula is C19H23N3O. The van der Waals surface area contributed by atoms with E-state index in [0.717, 1.165) is 22.3 Å². The van der Waals surface area contributed by atoms with Gasteiger partial charge in [-0.1, -0.05) is 19.2 Å². The van der Waals surface area contributed by atoms with Crippen molar-refractivity contribution in [1.29, 1.82) is 0 Å². The monoisotopic (exact) mass is 309 g/mol. The molecule has 120 valence electrons. The maximum absolute atomic E-state index is 5.69. The van der Waals surface area contributed by atoms with E-state index in [1.54, 1.807) is 0 Å².